The molecule has 25 heavy (non-hydrogen) atoms. The molecule has 1 aromatic rings. The fraction of sp³-hybridized carbons (Fsp3) is 0.600. The first-order chi connectivity index (χ1) is 12.0. The average Bonchev–Trinajstić information content (AvgIpc) is 3.03. The lowest BCUT2D eigenvalue weighted by Gasteiger charge is -2.37. The molecule has 2 fully saturated rings. The lowest BCUT2D eigenvalue weighted by molar-refractivity contribution is -0.148. The molecule has 1 aliphatic heterocycles. The number of rotatable bonds is 5. The summed E-state index contributed by atoms with van der Waals surface area (Å²) >= 11 is 0. The van der Waals surface area contributed by atoms with Crippen molar-refractivity contribution in [2.45, 2.75) is 56.6 Å². The van der Waals surface area contributed by atoms with E-state index in [1.54, 1.807) is 16.8 Å². The molecule has 0 bridgehead atoms. The molecular weight excluding hydrogens is 316 g/mol. The van der Waals surface area contributed by atoms with Crippen molar-refractivity contribution in [2.24, 2.45) is 0 Å². The van der Waals surface area contributed by atoms with E-state index in [-0.39, 0.29) is 11.8 Å². The Bertz CT molecular complexity index is 611. The summed E-state index contributed by atoms with van der Waals surface area (Å²) in [6.07, 6.45) is 5.81. The molecule has 0 spiro atoms. The quantitative estimate of drug-likeness (QED) is 0.893. The molecule has 1 saturated heterocycles. The average molecular weight is 344 g/mol. The molecule has 2 amide bonds. The van der Waals surface area contributed by atoms with Crippen LogP contribution < -0.4 is 0 Å². The number of amides is 2. The summed E-state index contributed by atoms with van der Waals surface area (Å²) in [5.41, 5.74) is 0.0605. The van der Waals surface area contributed by atoms with Gasteiger partial charge in [-0.2, -0.15) is 0 Å². The summed E-state index contributed by atoms with van der Waals surface area (Å²) in [6.45, 7) is 0.944. The summed E-state index contributed by atoms with van der Waals surface area (Å²) in [5.74, 6) is -0.0665. The number of aliphatic hydroxyl groups is 1. The van der Waals surface area contributed by atoms with E-state index < -0.39 is 11.6 Å². The van der Waals surface area contributed by atoms with Crippen molar-refractivity contribution in [1.82, 2.24) is 9.80 Å². The first kappa shape index (κ1) is 17.9. The molecule has 1 unspecified atom stereocenters. The van der Waals surface area contributed by atoms with Crippen molar-refractivity contribution >= 4 is 11.8 Å². The molecular formula is C20H28N2O3. The molecule has 5 nitrogen and oxygen atoms in total. The third-order valence-corrected chi connectivity index (χ3v) is 5.46. The van der Waals surface area contributed by atoms with Crippen LogP contribution in [0.3, 0.4) is 0 Å². The normalized spacial score (nSPS) is 21.2. The highest BCUT2D eigenvalue weighted by molar-refractivity contribution is 5.89. The van der Waals surface area contributed by atoms with E-state index in [0.29, 0.717) is 19.5 Å². The van der Waals surface area contributed by atoms with Crippen LogP contribution in [-0.4, -0.2) is 52.5 Å². The number of likely N-dealkylation sites (tertiary alicyclic amines) is 1. The van der Waals surface area contributed by atoms with Crippen LogP contribution in [0.4, 0.5) is 0 Å². The number of carbonyl (C=O) groups is 2. The monoisotopic (exact) mass is 344 g/mol. The van der Waals surface area contributed by atoms with E-state index >= 15 is 0 Å². The lowest BCUT2D eigenvalue weighted by atomic mass is 9.98. The zero-order valence-corrected chi connectivity index (χ0v) is 15.0. The SMILES string of the molecule is CN(CC1(O)CCCC1)C(=O)C(c1ccccc1)N1CCCCC1=O. The second kappa shape index (κ2) is 7.56. The predicted molar refractivity (Wildman–Crippen MR) is 95.8 cm³/mol. The van der Waals surface area contributed by atoms with Gasteiger partial charge >= 0.3 is 0 Å². The summed E-state index contributed by atoms with van der Waals surface area (Å²) in [4.78, 5) is 29.0. The van der Waals surface area contributed by atoms with Gasteiger partial charge in [0.1, 0.15) is 6.04 Å². The van der Waals surface area contributed by atoms with Crippen molar-refractivity contribution < 1.29 is 14.7 Å². The van der Waals surface area contributed by atoms with Crippen LogP contribution in [0.5, 0.6) is 0 Å². The van der Waals surface area contributed by atoms with E-state index in [1.165, 1.54) is 0 Å². The predicted octanol–water partition coefficient (Wildman–Crippen LogP) is 2.50. The fourth-order valence-corrected chi connectivity index (χ4v) is 4.11. The zero-order valence-electron chi connectivity index (χ0n) is 15.0. The van der Waals surface area contributed by atoms with Gasteiger partial charge in [-0.3, -0.25) is 9.59 Å². The van der Waals surface area contributed by atoms with E-state index in [1.807, 2.05) is 30.3 Å². The largest absolute Gasteiger partial charge is 0.388 e. The number of likely N-dealkylation sites (N-methyl/N-ethyl adjacent to an activating group) is 1. The summed E-state index contributed by atoms with van der Waals surface area (Å²) in [7, 11) is 1.74. The van der Waals surface area contributed by atoms with Crippen LogP contribution in [0.1, 0.15) is 56.6 Å². The second-order valence-electron chi connectivity index (χ2n) is 7.48. The minimum atomic E-state index is -0.780. The van der Waals surface area contributed by atoms with E-state index in [2.05, 4.69) is 0 Å². The Morgan fingerprint density at radius 1 is 1.20 bits per heavy atom. The zero-order chi connectivity index (χ0) is 17.9. The van der Waals surface area contributed by atoms with Crippen molar-refractivity contribution in [3.05, 3.63) is 35.9 Å². The van der Waals surface area contributed by atoms with Crippen LogP contribution in [0.15, 0.2) is 30.3 Å². The fourth-order valence-electron chi connectivity index (χ4n) is 4.11. The number of nitrogens with zero attached hydrogens (tertiary/aromatic N) is 2. The maximum absolute atomic E-state index is 13.2. The number of hydrogen-bond acceptors (Lipinski definition) is 3. The number of hydrogen-bond donors (Lipinski definition) is 1. The van der Waals surface area contributed by atoms with Gasteiger partial charge in [0.25, 0.3) is 0 Å². The Hall–Kier alpha value is -1.88. The molecule has 136 valence electrons. The minimum Gasteiger partial charge on any atom is -0.388 e. The Balaban J connectivity index is 1.83. The van der Waals surface area contributed by atoms with Crippen LogP contribution in [0, 0.1) is 0 Å². The Morgan fingerprint density at radius 2 is 1.88 bits per heavy atom. The van der Waals surface area contributed by atoms with Crippen molar-refractivity contribution in [1.29, 1.82) is 0 Å². The van der Waals surface area contributed by atoms with Gasteiger partial charge < -0.3 is 14.9 Å². The first-order valence-electron chi connectivity index (χ1n) is 9.32. The summed E-state index contributed by atoms with van der Waals surface area (Å²) in [5, 5.41) is 10.7. The molecule has 1 atom stereocenters. The smallest absolute Gasteiger partial charge is 0.249 e. The Kier molecular flexibility index (Phi) is 5.42. The standard InChI is InChI=1S/C20H28N2O3/c1-21(15-20(25)12-6-7-13-20)19(24)18(16-9-3-2-4-10-16)22-14-8-5-11-17(22)23/h2-4,9-10,18,25H,5-8,11-15H2,1H3. The summed E-state index contributed by atoms with van der Waals surface area (Å²) < 4.78 is 0. The molecule has 3 rings (SSSR count). The maximum atomic E-state index is 13.2. The highest BCUT2D eigenvalue weighted by Crippen LogP contribution is 2.32. The molecule has 1 saturated carbocycles. The molecule has 0 radical (unpaired) electrons. The Labute approximate surface area is 149 Å². The molecule has 1 aromatic carbocycles. The topological polar surface area (TPSA) is 60.9 Å². The van der Waals surface area contributed by atoms with Gasteiger partial charge in [-0.05, 0) is 31.2 Å². The number of benzene rings is 1. The van der Waals surface area contributed by atoms with E-state index in [0.717, 1.165) is 44.1 Å². The summed E-state index contributed by atoms with van der Waals surface area (Å²) in [6, 6.07) is 8.92. The van der Waals surface area contributed by atoms with Gasteiger partial charge in [0.15, 0.2) is 0 Å². The van der Waals surface area contributed by atoms with Crippen LogP contribution >= 0.6 is 0 Å². The second-order valence-corrected chi connectivity index (χ2v) is 7.48. The van der Waals surface area contributed by atoms with Crippen molar-refractivity contribution in [2.75, 3.05) is 20.1 Å². The van der Waals surface area contributed by atoms with E-state index in [4.69, 9.17) is 0 Å². The van der Waals surface area contributed by atoms with Gasteiger partial charge in [-0.1, -0.05) is 43.2 Å². The molecule has 1 heterocycles. The first-order valence-corrected chi connectivity index (χ1v) is 9.32. The van der Waals surface area contributed by atoms with Crippen molar-refractivity contribution in [3.8, 4) is 0 Å². The third kappa shape index (κ3) is 4.03. The lowest BCUT2D eigenvalue weighted by Crippen LogP contribution is -2.49. The van der Waals surface area contributed by atoms with Crippen LogP contribution in [-0.2, 0) is 9.59 Å². The molecule has 2 aliphatic rings. The highest BCUT2D eigenvalue weighted by Gasteiger charge is 2.38. The molecule has 5 heteroatoms. The van der Waals surface area contributed by atoms with Gasteiger partial charge in [-0.25, -0.2) is 0 Å². The molecule has 0 aromatic heterocycles. The van der Waals surface area contributed by atoms with Crippen molar-refractivity contribution in [3.63, 3.8) is 0 Å². The third-order valence-electron chi connectivity index (χ3n) is 5.46. The van der Waals surface area contributed by atoms with E-state index in [9.17, 15) is 14.7 Å². The Morgan fingerprint density at radius 3 is 2.52 bits per heavy atom. The number of carbonyl (C=O) groups excluding carboxylic acids is 2. The van der Waals surface area contributed by atoms with Crippen LogP contribution in [0.25, 0.3) is 0 Å². The minimum absolute atomic E-state index is 0.0430. The van der Waals surface area contributed by atoms with Gasteiger partial charge in [0.2, 0.25) is 11.8 Å². The highest BCUT2D eigenvalue weighted by atomic mass is 16.3. The molecule has 1 aliphatic carbocycles. The number of piperidine rings is 1. The van der Waals surface area contributed by atoms with Crippen LogP contribution in [0.2, 0.25) is 0 Å². The maximum Gasteiger partial charge on any atom is 0.249 e. The van der Waals surface area contributed by atoms with Gasteiger partial charge in [-0.15, -0.1) is 0 Å². The molecule has 1 N–H and O–H groups in total. The van der Waals surface area contributed by atoms with Gasteiger partial charge in [0.05, 0.1) is 5.60 Å². The van der Waals surface area contributed by atoms with Gasteiger partial charge in [0, 0.05) is 26.6 Å².